The molecule has 74 valence electrons. The first kappa shape index (κ1) is 12.0. The Hall–Kier alpha value is -0.0400. The SMILES string of the molecule is CCCN(C)[C@H](C)CCC(C)C. The molecule has 0 rings (SSSR count). The first-order valence-electron chi connectivity index (χ1n) is 5.28. The molecule has 1 nitrogen and oxygen atoms in total. The van der Waals surface area contributed by atoms with Gasteiger partial charge in [-0.3, -0.25) is 0 Å². The van der Waals surface area contributed by atoms with Crippen molar-refractivity contribution in [3.8, 4) is 0 Å². The minimum atomic E-state index is 0.757. The number of hydrogen-bond donors (Lipinski definition) is 0. The van der Waals surface area contributed by atoms with Gasteiger partial charge in [0, 0.05) is 6.04 Å². The zero-order chi connectivity index (χ0) is 9.56. The van der Waals surface area contributed by atoms with Crippen LogP contribution in [0, 0.1) is 5.92 Å². The van der Waals surface area contributed by atoms with E-state index in [4.69, 9.17) is 0 Å². The predicted octanol–water partition coefficient (Wildman–Crippen LogP) is 3.15. The van der Waals surface area contributed by atoms with Crippen LogP contribution in [0.1, 0.15) is 47.0 Å². The van der Waals surface area contributed by atoms with Crippen molar-refractivity contribution in [2.45, 2.75) is 53.0 Å². The van der Waals surface area contributed by atoms with Gasteiger partial charge in [0.25, 0.3) is 0 Å². The second-order valence-electron chi connectivity index (χ2n) is 4.30. The van der Waals surface area contributed by atoms with Gasteiger partial charge in [-0.15, -0.1) is 0 Å². The largest absolute Gasteiger partial charge is 0.304 e. The van der Waals surface area contributed by atoms with Crippen molar-refractivity contribution < 1.29 is 0 Å². The van der Waals surface area contributed by atoms with Crippen molar-refractivity contribution in [2.24, 2.45) is 5.92 Å². The molecule has 0 aliphatic heterocycles. The molecule has 0 amide bonds. The molecule has 0 heterocycles. The van der Waals surface area contributed by atoms with E-state index in [1.54, 1.807) is 0 Å². The number of rotatable bonds is 6. The van der Waals surface area contributed by atoms with Crippen molar-refractivity contribution in [1.29, 1.82) is 0 Å². The van der Waals surface area contributed by atoms with Crippen molar-refractivity contribution >= 4 is 0 Å². The fourth-order valence-corrected chi connectivity index (χ4v) is 1.37. The van der Waals surface area contributed by atoms with E-state index < -0.39 is 0 Å². The molecule has 0 aromatic heterocycles. The molecule has 0 bridgehead atoms. The summed E-state index contributed by atoms with van der Waals surface area (Å²) in [6.45, 7) is 10.4. The second-order valence-corrected chi connectivity index (χ2v) is 4.30. The van der Waals surface area contributed by atoms with E-state index >= 15 is 0 Å². The number of nitrogens with zero attached hydrogens (tertiary/aromatic N) is 1. The third-order valence-electron chi connectivity index (χ3n) is 2.49. The van der Waals surface area contributed by atoms with Crippen molar-refractivity contribution in [3.63, 3.8) is 0 Å². The highest BCUT2D eigenvalue weighted by Crippen LogP contribution is 2.10. The van der Waals surface area contributed by atoms with Crippen LogP contribution in [0.4, 0.5) is 0 Å². The highest BCUT2D eigenvalue weighted by Gasteiger charge is 2.07. The van der Waals surface area contributed by atoms with Crippen LogP contribution in [-0.4, -0.2) is 24.5 Å². The molecular formula is C11H25N. The molecule has 0 fully saturated rings. The van der Waals surface area contributed by atoms with E-state index in [2.05, 4.69) is 39.6 Å². The van der Waals surface area contributed by atoms with Gasteiger partial charge in [-0.25, -0.2) is 0 Å². The minimum Gasteiger partial charge on any atom is -0.304 e. The van der Waals surface area contributed by atoms with Crippen LogP contribution in [0.3, 0.4) is 0 Å². The third kappa shape index (κ3) is 5.59. The molecule has 0 saturated carbocycles. The topological polar surface area (TPSA) is 3.24 Å². The zero-order valence-electron chi connectivity index (χ0n) is 9.43. The van der Waals surface area contributed by atoms with Crippen LogP contribution in [0.2, 0.25) is 0 Å². The van der Waals surface area contributed by atoms with Gasteiger partial charge >= 0.3 is 0 Å². The van der Waals surface area contributed by atoms with Gasteiger partial charge in [0.15, 0.2) is 0 Å². The highest BCUT2D eigenvalue weighted by molar-refractivity contribution is 4.63. The average Bonchev–Trinajstić information content (AvgIpc) is 2.00. The molecule has 0 spiro atoms. The summed E-state index contributed by atoms with van der Waals surface area (Å²) in [5.41, 5.74) is 0. The normalized spacial score (nSPS) is 14.2. The van der Waals surface area contributed by atoms with Crippen LogP contribution >= 0.6 is 0 Å². The van der Waals surface area contributed by atoms with E-state index in [1.807, 2.05) is 0 Å². The summed E-state index contributed by atoms with van der Waals surface area (Å²) in [6.07, 6.45) is 3.96. The fraction of sp³-hybridized carbons (Fsp3) is 1.00. The second kappa shape index (κ2) is 6.47. The van der Waals surface area contributed by atoms with E-state index in [9.17, 15) is 0 Å². The maximum atomic E-state index is 2.46. The third-order valence-corrected chi connectivity index (χ3v) is 2.49. The van der Waals surface area contributed by atoms with Crippen molar-refractivity contribution in [3.05, 3.63) is 0 Å². The summed E-state index contributed by atoms with van der Waals surface area (Å²) in [7, 11) is 2.23. The Bertz CT molecular complexity index is 99.2. The summed E-state index contributed by atoms with van der Waals surface area (Å²) >= 11 is 0. The van der Waals surface area contributed by atoms with E-state index in [0.29, 0.717) is 0 Å². The molecule has 12 heavy (non-hydrogen) atoms. The van der Waals surface area contributed by atoms with Gasteiger partial charge in [-0.1, -0.05) is 20.8 Å². The van der Waals surface area contributed by atoms with Gasteiger partial charge in [0.1, 0.15) is 0 Å². The smallest absolute Gasteiger partial charge is 0.00639 e. The van der Waals surface area contributed by atoms with Crippen molar-refractivity contribution in [1.82, 2.24) is 4.90 Å². The van der Waals surface area contributed by atoms with Crippen LogP contribution < -0.4 is 0 Å². The monoisotopic (exact) mass is 171 g/mol. The molecule has 0 saturated heterocycles. The number of hydrogen-bond acceptors (Lipinski definition) is 1. The van der Waals surface area contributed by atoms with Crippen molar-refractivity contribution in [2.75, 3.05) is 13.6 Å². The van der Waals surface area contributed by atoms with Crippen LogP contribution in [0.5, 0.6) is 0 Å². The lowest BCUT2D eigenvalue weighted by molar-refractivity contribution is 0.237. The average molecular weight is 171 g/mol. The van der Waals surface area contributed by atoms with E-state index in [-0.39, 0.29) is 0 Å². The molecule has 0 unspecified atom stereocenters. The molecule has 0 radical (unpaired) electrons. The molecular weight excluding hydrogens is 146 g/mol. The van der Waals surface area contributed by atoms with Crippen LogP contribution in [0.15, 0.2) is 0 Å². The Morgan fingerprint density at radius 2 is 1.67 bits per heavy atom. The first-order chi connectivity index (χ1) is 5.57. The molecule has 0 aliphatic carbocycles. The first-order valence-corrected chi connectivity index (χ1v) is 5.28. The molecule has 0 N–H and O–H groups in total. The lowest BCUT2D eigenvalue weighted by Gasteiger charge is -2.24. The maximum absolute atomic E-state index is 2.46. The highest BCUT2D eigenvalue weighted by atomic mass is 15.1. The molecule has 0 aliphatic rings. The molecule has 0 aromatic carbocycles. The predicted molar refractivity (Wildman–Crippen MR) is 56.5 cm³/mol. The van der Waals surface area contributed by atoms with Crippen LogP contribution in [-0.2, 0) is 0 Å². The Balaban J connectivity index is 3.49. The molecule has 1 atom stereocenters. The lowest BCUT2D eigenvalue weighted by atomic mass is 10.0. The van der Waals surface area contributed by atoms with Crippen LogP contribution in [0.25, 0.3) is 0 Å². The summed E-state index contributed by atoms with van der Waals surface area (Å²) in [4.78, 5) is 2.46. The summed E-state index contributed by atoms with van der Waals surface area (Å²) < 4.78 is 0. The van der Waals surface area contributed by atoms with E-state index in [1.165, 1.54) is 25.8 Å². The van der Waals surface area contributed by atoms with Gasteiger partial charge in [0.05, 0.1) is 0 Å². The zero-order valence-corrected chi connectivity index (χ0v) is 9.43. The minimum absolute atomic E-state index is 0.757. The van der Waals surface area contributed by atoms with Gasteiger partial charge in [0.2, 0.25) is 0 Å². The van der Waals surface area contributed by atoms with Gasteiger partial charge in [-0.2, -0.15) is 0 Å². The quantitative estimate of drug-likeness (QED) is 0.593. The summed E-state index contributed by atoms with van der Waals surface area (Å²) in [6, 6.07) is 0.757. The Labute approximate surface area is 78.1 Å². The van der Waals surface area contributed by atoms with Gasteiger partial charge < -0.3 is 4.90 Å². The maximum Gasteiger partial charge on any atom is 0.00639 e. The molecule has 1 heteroatoms. The van der Waals surface area contributed by atoms with Gasteiger partial charge in [-0.05, 0) is 45.7 Å². The standard InChI is InChI=1S/C11H25N/c1-6-9-12(5)11(4)8-7-10(2)3/h10-11H,6-9H2,1-5H3/t11-/m1/s1. The fourth-order valence-electron chi connectivity index (χ4n) is 1.37. The lowest BCUT2D eigenvalue weighted by Crippen LogP contribution is -2.29. The Morgan fingerprint density at radius 3 is 2.08 bits per heavy atom. The Morgan fingerprint density at radius 1 is 1.08 bits per heavy atom. The van der Waals surface area contributed by atoms with E-state index in [0.717, 1.165) is 12.0 Å². The summed E-state index contributed by atoms with van der Waals surface area (Å²) in [5.74, 6) is 0.850. The summed E-state index contributed by atoms with van der Waals surface area (Å²) in [5, 5.41) is 0. The Kier molecular flexibility index (Phi) is 6.45. The molecule has 0 aromatic rings.